The van der Waals surface area contributed by atoms with Crippen molar-refractivity contribution in [2.45, 2.75) is 41.0 Å². The fraction of sp³-hybridized carbons (Fsp3) is 0.562. The van der Waals surface area contributed by atoms with E-state index in [9.17, 15) is 4.79 Å². The highest BCUT2D eigenvalue weighted by atomic mass is 16.1. The second kappa shape index (κ2) is 4.42. The normalized spacial score (nSPS) is 19.2. The molecular formula is C16H23NO. The van der Waals surface area contributed by atoms with Crippen LogP contribution in [0.5, 0.6) is 0 Å². The first-order valence-electron chi connectivity index (χ1n) is 6.67. The largest absolute Gasteiger partial charge is 0.364 e. The summed E-state index contributed by atoms with van der Waals surface area (Å²) in [5.74, 6) is 0.355. The van der Waals surface area contributed by atoms with E-state index in [4.69, 9.17) is 0 Å². The molecule has 0 bridgehead atoms. The van der Waals surface area contributed by atoms with E-state index in [2.05, 4.69) is 51.7 Å². The summed E-state index contributed by atoms with van der Waals surface area (Å²) in [7, 11) is 0. The number of aryl methyl sites for hydroxylation is 3. The molecule has 1 saturated heterocycles. The standard InChI is InChI=1S/C16H23NO/c1-11-8-12(2)15(13(3)9-11)17-7-6-16(4,5)14(18)10-17/h8-9H,6-7,10H2,1-5H3. The molecular weight excluding hydrogens is 222 g/mol. The van der Waals surface area contributed by atoms with Crippen LogP contribution in [0.15, 0.2) is 12.1 Å². The van der Waals surface area contributed by atoms with E-state index in [1.54, 1.807) is 0 Å². The van der Waals surface area contributed by atoms with Gasteiger partial charge in [-0.15, -0.1) is 0 Å². The zero-order chi connectivity index (χ0) is 13.5. The third kappa shape index (κ3) is 2.29. The van der Waals surface area contributed by atoms with Gasteiger partial charge < -0.3 is 4.90 Å². The maximum absolute atomic E-state index is 12.1. The number of Topliss-reactive ketones (excluding diaryl/α,β-unsaturated/α-hetero) is 1. The van der Waals surface area contributed by atoms with Crippen LogP contribution in [-0.4, -0.2) is 18.9 Å². The van der Waals surface area contributed by atoms with E-state index < -0.39 is 0 Å². The second-order valence-corrected chi connectivity index (χ2v) is 6.23. The van der Waals surface area contributed by atoms with Crippen LogP contribution in [0.2, 0.25) is 0 Å². The smallest absolute Gasteiger partial charge is 0.157 e. The minimum Gasteiger partial charge on any atom is -0.364 e. The predicted octanol–water partition coefficient (Wildman–Crippen LogP) is 3.42. The summed E-state index contributed by atoms with van der Waals surface area (Å²) in [6.07, 6.45) is 0.943. The quantitative estimate of drug-likeness (QED) is 0.755. The van der Waals surface area contributed by atoms with Gasteiger partial charge in [-0.05, 0) is 38.3 Å². The van der Waals surface area contributed by atoms with E-state index in [1.807, 2.05) is 0 Å². The van der Waals surface area contributed by atoms with E-state index >= 15 is 0 Å². The Bertz CT molecular complexity index is 465. The van der Waals surface area contributed by atoms with E-state index in [0.29, 0.717) is 12.3 Å². The number of ketones is 1. The first kappa shape index (κ1) is 13.1. The van der Waals surface area contributed by atoms with Gasteiger partial charge in [0.25, 0.3) is 0 Å². The molecule has 1 aliphatic heterocycles. The Balaban J connectivity index is 2.32. The summed E-state index contributed by atoms with van der Waals surface area (Å²) in [6, 6.07) is 4.40. The predicted molar refractivity (Wildman–Crippen MR) is 76.3 cm³/mol. The Hall–Kier alpha value is -1.31. The molecule has 0 unspecified atom stereocenters. The van der Waals surface area contributed by atoms with E-state index in [1.165, 1.54) is 22.4 Å². The van der Waals surface area contributed by atoms with Crippen LogP contribution >= 0.6 is 0 Å². The number of benzene rings is 1. The van der Waals surface area contributed by atoms with E-state index in [-0.39, 0.29) is 5.41 Å². The van der Waals surface area contributed by atoms with Crippen molar-refractivity contribution in [1.82, 2.24) is 0 Å². The molecule has 0 N–H and O–H groups in total. The lowest BCUT2D eigenvalue weighted by molar-refractivity contribution is -0.127. The number of hydrogen-bond acceptors (Lipinski definition) is 2. The first-order valence-corrected chi connectivity index (χ1v) is 6.67. The third-order valence-electron chi connectivity index (χ3n) is 4.05. The molecule has 0 saturated carbocycles. The zero-order valence-electron chi connectivity index (χ0n) is 12.1. The molecule has 0 aromatic heterocycles. The van der Waals surface area contributed by atoms with Gasteiger partial charge in [0.15, 0.2) is 5.78 Å². The zero-order valence-corrected chi connectivity index (χ0v) is 12.1. The van der Waals surface area contributed by atoms with Crippen molar-refractivity contribution in [2.24, 2.45) is 5.41 Å². The molecule has 1 aromatic carbocycles. The number of carbonyl (C=O) groups is 1. The highest BCUT2D eigenvalue weighted by molar-refractivity contribution is 5.90. The van der Waals surface area contributed by atoms with Crippen molar-refractivity contribution in [3.63, 3.8) is 0 Å². The van der Waals surface area contributed by atoms with Crippen molar-refractivity contribution in [3.8, 4) is 0 Å². The van der Waals surface area contributed by atoms with Gasteiger partial charge in [0.1, 0.15) is 0 Å². The van der Waals surface area contributed by atoms with Crippen LogP contribution in [0.3, 0.4) is 0 Å². The SMILES string of the molecule is Cc1cc(C)c(N2CCC(C)(C)C(=O)C2)c(C)c1. The maximum atomic E-state index is 12.1. The van der Waals surface area contributed by atoms with Crippen molar-refractivity contribution >= 4 is 11.5 Å². The molecule has 0 atom stereocenters. The number of piperidine rings is 1. The third-order valence-corrected chi connectivity index (χ3v) is 4.05. The summed E-state index contributed by atoms with van der Waals surface area (Å²) in [6.45, 7) is 12.0. The van der Waals surface area contributed by atoms with Crippen molar-refractivity contribution in [1.29, 1.82) is 0 Å². The molecule has 0 radical (unpaired) electrons. The average Bonchev–Trinajstić information content (AvgIpc) is 2.22. The topological polar surface area (TPSA) is 20.3 Å². The first-order chi connectivity index (χ1) is 8.31. The fourth-order valence-electron chi connectivity index (χ4n) is 2.88. The molecule has 2 rings (SSSR count). The molecule has 2 heteroatoms. The summed E-state index contributed by atoms with van der Waals surface area (Å²) in [4.78, 5) is 14.4. The number of carbonyl (C=O) groups excluding carboxylic acids is 1. The lowest BCUT2D eigenvalue weighted by Gasteiger charge is -2.38. The highest BCUT2D eigenvalue weighted by Crippen LogP contribution is 2.33. The van der Waals surface area contributed by atoms with Gasteiger partial charge in [-0.2, -0.15) is 0 Å². The Labute approximate surface area is 110 Å². The van der Waals surface area contributed by atoms with Crippen LogP contribution in [0.25, 0.3) is 0 Å². The number of anilines is 1. The molecule has 1 aliphatic rings. The van der Waals surface area contributed by atoms with Gasteiger partial charge in [0.05, 0.1) is 6.54 Å². The molecule has 0 amide bonds. The minimum absolute atomic E-state index is 0.150. The Kier molecular flexibility index (Phi) is 3.22. The van der Waals surface area contributed by atoms with Crippen molar-refractivity contribution in [3.05, 3.63) is 28.8 Å². The average molecular weight is 245 g/mol. The van der Waals surface area contributed by atoms with Crippen LogP contribution < -0.4 is 4.90 Å². The lowest BCUT2D eigenvalue weighted by atomic mass is 9.81. The summed E-state index contributed by atoms with van der Waals surface area (Å²) in [5, 5.41) is 0. The lowest BCUT2D eigenvalue weighted by Crippen LogP contribution is -2.45. The van der Waals surface area contributed by atoms with Gasteiger partial charge >= 0.3 is 0 Å². The van der Waals surface area contributed by atoms with Crippen LogP contribution in [0.1, 0.15) is 37.0 Å². The van der Waals surface area contributed by atoms with Gasteiger partial charge in [0.2, 0.25) is 0 Å². The fourth-order valence-corrected chi connectivity index (χ4v) is 2.88. The summed E-state index contributed by atoms with van der Waals surface area (Å²) < 4.78 is 0. The molecule has 2 nitrogen and oxygen atoms in total. The van der Waals surface area contributed by atoms with Gasteiger partial charge in [0, 0.05) is 17.6 Å². The van der Waals surface area contributed by atoms with Crippen LogP contribution in [0.4, 0.5) is 5.69 Å². The number of nitrogens with zero attached hydrogens (tertiary/aromatic N) is 1. The summed E-state index contributed by atoms with van der Waals surface area (Å²) in [5.41, 5.74) is 4.95. The molecule has 0 aliphatic carbocycles. The second-order valence-electron chi connectivity index (χ2n) is 6.23. The van der Waals surface area contributed by atoms with Gasteiger partial charge in [-0.1, -0.05) is 31.5 Å². The Morgan fingerprint density at radius 3 is 2.17 bits per heavy atom. The van der Waals surface area contributed by atoms with E-state index in [0.717, 1.165) is 13.0 Å². The molecule has 18 heavy (non-hydrogen) atoms. The Morgan fingerprint density at radius 1 is 1.11 bits per heavy atom. The van der Waals surface area contributed by atoms with Crippen LogP contribution in [0, 0.1) is 26.2 Å². The minimum atomic E-state index is -0.150. The Morgan fingerprint density at radius 2 is 1.67 bits per heavy atom. The van der Waals surface area contributed by atoms with Crippen molar-refractivity contribution < 1.29 is 4.79 Å². The van der Waals surface area contributed by atoms with Crippen molar-refractivity contribution in [2.75, 3.05) is 18.0 Å². The number of rotatable bonds is 1. The molecule has 1 aromatic rings. The molecule has 0 spiro atoms. The highest BCUT2D eigenvalue weighted by Gasteiger charge is 2.34. The summed E-state index contributed by atoms with van der Waals surface area (Å²) >= 11 is 0. The van der Waals surface area contributed by atoms with Gasteiger partial charge in [-0.25, -0.2) is 0 Å². The molecule has 98 valence electrons. The van der Waals surface area contributed by atoms with Gasteiger partial charge in [-0.3, -0.25) is 4.79 Å². The number of hydrogen-bond donors (Lipinski definition) is 0. The maximum Gasteiger partial charge on any atom is 0.157 e. The molecule has 1 fully saturated rings. The monoisotopic (exact) mass is 245 g/mol. The molecule has 1 heterocycles. The van der Waals surface area contributed by atoms with Crippen LogP contribution in [-0.2, 0) is 4.79 Å².